The molecular weight excluding hydrogens is 582 g/mol. The number of nitrogens with zero attached hydrogens (tertiary/aromatic N) is 7. The molecule has 0 spiro atoms. The highest BCUT2D eigenvalue weighted by Gasteiger charge is 2.36. The molecule has 1 aliphatic rings. The lowest BCUT2D eigenvalue weighted by Gasteiger charge is -2.32. The van der Waals surface area contributed by atoms with Crippen molar-refractivity contribution >= 4 is 55.3 Å². The van der Waals surface area contributed by atoms with E-state index in [0.717, 1.165) is 23.2 Å². The van der Waals surface area contributed by atoms with Gasteiger partial charge in [0.1, 0.15) is 16.2 Å². The van der Waals surface area contributed by atoms with Crippen LogP contribution in [0, 0.1) is 11.7 Å². The van der Waals surface area contributed by atoms with E-state index in [1.165, 1.54) is 12.3 Å². The normalized spacial score (nSPS) is 15.6. The van der Waals surface area contributed by atoms with E-state index in [1.54, 1.807) is 23.1 Å². The van der Waals surface area contributed by atoms with Crippen molar-refractivity contribution in [1.29, 1.82) is 0 Å². The summed E-state index contributed by atoms with van der Waals surface area (Å²) in [4.78, 5) is 13.9. The highest BCUT2D eigenvalue weighted by molar-refractivity contribution is 7.91. The molecule has 226 valence electrons. The Hall–Kier alpha value is -3.78. The van der Waals surface area contributed by atoms with Crippen LogP contribution in [0.2, 0.25) is 0 Å². The number of ether oxygens (including phenoxy) is 2. The van der Waals surface area contributed by atoms with Gasteiger partial charge in [0, 0.05) is 44.5 Å². The maximum Gasteiger partial charge on any atom is 0.225 e. The van der Waals surface area contributed by atoms with Crippen LogP contribution in [0.15, 0.2) is 41.7 Å². The van der Waals surface area contributed by atoms with Crippen LogP contribution in [0.4, 0.5) is 4.39 Å². The fraction of sp³-hybridized carbons (Fsp3) is 0.393. The first-order valence-electron chi connectivity index (χ1n) is 14.7. The van der Waals surface area contributed by atoms with Crippen molar-refractivity contribution in [2.75, 3.05) is 26.1 Å². The third kappa shape index (κ3) is 5.17. The number of fused-ring (bicyclic) bond motifs is 3. The third-order valence-corrected chi connectivity index (χ3v) is 9.23. The Kier molecular flexibility index (Phi) is 7.77. The molecule has 1 atom stereocenters. The third-order valence-electron chi connectivity index (χ3n) is 8.14. The summed E-state index contributed by atoms with van der Waals surface area (Å²) in [6, 6.07) is 4.20. The summed E-state index contributed by atoms with van der Waals surface area (Å²) in [5.74, 6) is -0.340. The smallest absolute Gasteiger partial charge is 0.225 e. The van der Waals surface area contributed by atoms with E-state index in [1.807, 2.05) is 24.6 Å². The maximum atomic E-state index is 15.8. The van der Waals surface area contributed by atoms with E-state index in [-0.39, 0.29) is 27.5 Å². The predicted octanol–water partition coefficient (Wildman–Crippen LogP) is 0.742. The molecule has 5 aromatic heterocycles. The second kappa shape index (κ2) is 11.3. The van der Waals surface area contributed by atoms with Gasteiger partial charge in [-0.1, -0.05) is 10.3 Å². The molecule has 6 heterocycles. The van der Waals surface area contributed by atoms with Gasteiger partial charge in [-0.05, 0) is 43.9 Å². The topological polar surface area (TPSA) is 127 Å². The van der Waals surface area contributed by atoms with E-state index in [0.29, 0.717) is 54.6 Å². The molecule has 5 aromatic rings. The number of aromatic nitrogens is 7. The van der Waals surface area contributed by atoms with Gasteiger partial charge in [-0.25, -0.2) is 22.5 Å². The Morgan fingerprint density at radius 2 is 1.93 bits per heavy atom. The van der Waals surface area contributed by atoms with E-state index in [9.17, 15) is 8.42 Å². The Labute approximate surface area is 257 Å². The van der Waals surface area contributed by atoms with Crippen LogP contribution >= 0.6 is 0 Å². The number of hydrogen-bond donors (Lipinski definition) is 0. The molecule has 1 saturated heterocycles. The summed E-state index contributed by atoms with van der Waals surface area (Å²) in [5.41, 5.74) is 3.96. The molecule has 44 heavy (non-hydrogen) atoms. The van der Waals surface area contributed by atoms with Gasteiger partial charge in [0.2, 0.25) is 5.88 Å². The van der Waals surface area contributed by atoms with Gasteiger partial charge in [0.05, 0.1) is 75.9 Å². The number of aryl methyl sites for hydroxylation is 1. The summed E-state index contributed by atoms with van der Waals surface area (Å²) >= 11 is 0. The number of halogens is 1. The first kappa shape index (κ1) is 30.3. The van der Waals surface area contributed by atoms with Gasteiger partial charge in [-0.2, -0.15) is 0 Å². The first-order chi connectivity index (χ1) is 20.9. The van der Waals surface area contributed by atoms with Crippen LogP contribution in [0.3, 0.4) is 0 Å². The van der Waals surface area contributed by atoms with Crippen molar-refractivity contribution in [3.8, 4) is 17.1 Å². The lowest BCUT2D eigenvalue weighted by atomic mass is 9.41. The molecular formula is C28H33B3FN7O4S. The van der Waals surface area contributed by atoms with Gasteiger partial charge < -0.3 is 14.0 Å². The predicted molar refractivity (Wildman–Crippen MR) is 172 cm³/mol. The minimum atomic E-state index is -3.80. The van der Waals surface area contributed by atoms with Crippen LogP contribution in [-0.2, 0) is 26.7 Å². The Balaban J connectivity index is 1.80. The fourth-order valence-electron chi connectivity index (χ4n) is 6.20. The van der Waals surface area contributed by atoms with Crippen molar-refractivity contribution in [2.24, 2.45) is 13.0 Å². The molecule has 0 aliphatic carbocycles. The minimum Gasteiger partial charge on any atom is -0.477 e. The molecule has 6 rings (SSSR count). The van der Waals surface area contributed by atoms with Crippen LogP contribution in [0.5, 0.6) is 5.88 Å². The average molecular weight is 615 g/mol. The fourth-order valence-corrected chi connectivity index (χ4v) is 6.99. The number of rotatable bonds is 8. The summed E-state index contributed by atoms with van der Waals surface area (Å²) in [5, 5.41) is 8.89. The number of hydrogen-bond acceptors (Lipinski definition) is 9. The molecule has 16 heteroatoms. The summed E-state index contributed by atoms with van der Waals surface area (Å²) in [7, 11) is 4.21. The van der Waals surface area contributed by atoms with E-state index >= 15 is 4.39 Å². The van der Waals surface area contributed by atoms with E-state index < -0.39 is 21.7 Å². The lowest BCUT2D eigenvalue weighted by Crippen LogP contribution is -2.29. The lowest BCUT2D eigenvalue weighted by molar-refractivity contribution is 0.0542. The van der Waals surface area contributed by atoms with Crippen LogP contribution in [0.25, 0.3) is 33.2 Å². The number of sulfone groups is 1. The molecule has 1 aliphatic heterocycles. The van der Waals surface area contributed by atoms with Crippen LogP contribution in [-0.4, -0.2) is 92.5 Å². The molecule has 0 aromatic carbocycles. The maximum absolute atomic E-state index is 15.8. The zero-order valence-corrected chi connectivity index (χ0v) is 26.5. The van der Waals surface area contributed by atoms with Gasteiger partial charge in [0.15, 0.2) is 9.84 Å². The van der Waals surface area contributed by atoms with Crippen molar-refractivity contribution in [1.82, 2.24) is 34.5 Å². The molecule has 0 bridgehead atoms. The van der Waals surface area contributed by atoms with Crippen molar-refractivity contribution in [3.05, 3.63) is 54.0 Å². The highest BCUT2D eigenvalue weighted by atomic mass is 32.2. The van der Waals surface area contributed by atoms with Crippen LogP contribution < -0.4 is 4.74 Å². The quantitative estimate of drug-likeness (QED) is 0.233. The van der Waals surface area contributed by atoms with Crippen molar-refractivity contribution < 1.29 is 22.3 Å². The first-order valence-corrected chi connectivity index (χ1v) is 16.5. The molecule has 0 saturated carbocycles. The van der Waals surface area contributed by atoms with Gasteiger partial charge in [0.25, 0.3) is 0 Å². The summed E-state index contributed by atoms with van der Waals surface area (Å²) < 4.78 is 57.7. The average Bonchev–Trinajstić information content (AvgIpc) is 3.53. The monoisotopic (exact) mass is 615 g/mol. The largest absolute Gasteiger partial charge is 0.477 e. The highest BCUT2D eigenvalue weighted by Crippen LogP contribution is 2.45. The second-order valence-electron chi connectivity index (χ2n) is 12.2. The van der Waals surface area contributed by atoms with Crippen molar-refractivity contribution in [2.45, 2.75) is 35.8 Å². The number of pyridine rings is 3. The van der Waals surface area contributed by atoms with Crippen LogP contribution in [0.1, 0.15) is 37.2 Å². The van der Waals surface area contributed by atoms with Crippen molar-refractivity contribution in [3.63, 3.8) is 0 Å². The molecule has 0 amide bonds. The van der Waals surface area contributed by atoms with E-state index in [2.05, 4.69) is 43.8 Å². The SMILES string of the molecule is BC(B)(B)c1nnn(C)c1-c1cnc2c3c(OCC)ncc(S(C)(=O)=O)c3n(C(c3ncccc3F)C3CCOCC3)c2c1. The van der Waals surface area contributed by atoms with Gasteiger partial charge >= 0.3 is 0 Å². The zero-order valence-electron chi connectivity index (χ0n) is 25.7. The minimum absolute atomic E-state index is 0.00137. The second-order valence-corrected chi connectivity index (χ2v) is 14.2. The Bertz CT molecular complexity index is 1990. The molecule has 1 fully saturated rings. The van der Waals surface area contributed by atoms with Gasteiger partial charge in [-0.15, -0.1) is 5.10 Å². The molecule has 0 radical (unpaired) electrons. The molecule has 11 nitrogen and oxygen atoms in total. The van der Waals surface area contributed by atoms with E-state index in [4.69, 9.17) is 14.5 Å². The summed E-state index contributed by atoms with van der Waals surface area (Å²) in [6.45, 7) is 3.13. The Morgan fingerprint density at radius 3 is 2.59 bits per heavy atom. The molecule has 1 unspecified atom stereocenters. The Morgan fingerprint density at radius 1 is 1.18 bits per heavy atom. The zero-order chi connectivity index (χ0) is 31.4. The summed E-state index contributed by atoms with van der Waals surface area (Å²) in [6.07, 6.45) is 7.01. The standard InChI is InChI=1S/C28H33B3FN7O4S/c1-4-43-27-20-22-18(12-16(13-34-22)24-26(28(29,30)31)36-37-38(24)2)39(25(20)19(14-35-27)44(3,40)41)23(15-7-10-42-11-8-15)21-17(32)6-5-9-33-21/h5-6,9,12-15,23H,4,7-8,10-11,29-31H2,1-3H3. The van der Waals surface area contributed by atoms with Gasteiger partial charge in [-0.3, -0.25) is 9.97 Å². The molecule has 0 N–H and O–H groups in total.